The second-order valence-electron chi connectivity index (χ2n) is 28.8. The van der Waals surface area contributed by atoms with Crippen LogP contribution in [0.25, 0.3) is 0 Å². The van der Waals surface area contributed by atoms with E-state index in [0.717, 1.165) is 44.9 Å². The van der Waals surface area contributed by atoms with Crippen molar-refractivity contribution in [3.8, 4) is 0 Å². The molecule has 0 radical (unpaired) electrons. The van der Waals surface area contributed by atoms with E-state index < -0.39 is 12.1 Å². The number of ether oxygens (including phenoxy) is 1. The summed E-state index contributed by atoms with van der Waals surface area (Å²) in [6.07, 6.45) is 106. The van der Waals surface area contributed by atoms with E-state index in [1.54, 1.807) is 6.08 Å². The number of unbranched alkanes of at least 4 members (excludes halogenated alkanes) is 64. The Labute approximate surface area is 570 Å². The second-order valence-corrected chi connectivity index (χ2v) is 28.8. The first-order chi connectivity index (χ1) is 45.0. The van der Waals surface area contributed by atoms with E-state index >= 15 is 0 Å². The molecule has 6 nitrogen and oxygen atoms in total. The molecule has 0 bridgehead atoms. The Kier molecular flexibility index (Phi) is 78.8. The van der Waals surface area contributed by atoms with Gasteiger partial charge in [0.2, 0.25) is 5.91 Å². The lowest BCUT2D eigenvalue weighted by Crippen LogP contribution is -2.45. The SMILES string of the molecule is CCCCCCCCC/C=C\CCCCCCCCCC(=O)OCCCCCCCCCCCCCC/C=C\CCCCCCCCCCCCCCCCCC(=O)NC(CO)C(O)/C=C/CCCCCCCCCCCCCCCCCCCCCCCCC. The molecule has 0 rings (SSSR count). The Balaban J connectivity index is 3.38. The molecule has 0 aliphatic heterocycles. The van der Waals surface area contributed by atoms with Gasteiger partial charge in [0, 0.05) is 12.8 Å². The van der Waals surface area contributed by atoms with Gasteiger partial charge in [-0.05, 0) is 83.5 Å². The van der Waals surface area contributed by atoms with Crippen LogP contribution in [0.4, 0.5) is 0 Å². The summed E-state index contributed by atoms with van der Waals surface area (Å²) in [5.41, 5.74) is 0. The largest absolute Gasteiger partial charge is 0.466 e. The summed E-state index contributed by atoms with van der Waals surface area (Å²) >= 11 is 0. The lowest BCUT2D eigenvalue weighted by Gasteiger charge is -2.20. The molecule has 0 heterocycles. The quantitative estimate of drug-likeness (QED) is 0.0320. The van der Waals surface area contributed by atoms with Gasteiger partial charge in [-0.2, -0.15) is 0 Å². The minimum absolute atomic E-state index is 0.0155. The highest BCUT2D eigenvalue weighted by molar-refractivity contribution is 5.76. The number of aliphatic hydroxyl groups excluding tert-OH is 2. The van der Waals surface area contributed by atoms with Crippen molar-refractivity contribution < 1.29 is 24.5 Å². The summed E-state index contributed by atoms with van der Waals surface area (Å²) in [4.78, 5) is 24.7. The number of hydrogen-bond donors (Lipinski definition) is 3. The maximum absolute atomic E-state index is 12.6. The maximum Gasteiger partial charge on any atom is 0.305 e. The molecule has 91 heavy (non-hydrogen) atoms. The van der Waals surface area contributed by atoms with Crippen molar-refractivity contribution in [2.45, 2.75) is 482 Å². The van der Waals surface area contributed by atoms with Crippen molar-refractivity contribution in [1.82, 2.24) is 5.32 Å². The normalized spacial score (nSPS) is 12.6. The average Bonchev–Trinajstić information content (AvgIpc) is 3.65. The van der Waals surface area contributed by atoms with E-state index in [9.17, 15) is 19.8 Å². The maximum atomic E-state index is 12.6. The van der Waals surface area contributed by atoms with Crippen molar-refractivity contribution in [2.75, 3.05) is 13.2 Å². The molecule has 0 aromatic heterocycles. The third kappa shape index (κ3) is 77.0. The summed E-state index contributed by atoms with van der Waals surface area (Å²) in [6.45, 7) is 4.95. The van der Waals surface area contributed by atoms with Crippen LogP contribution in [0.5, 0.6) is 0 Å². The number of allylic oxidation sites excluding steroid dienone is 5. The lowest BCUT2D eigenvalue weighted by atomic mass is 10.0. The number of nitrogens with one attached hydrogen (secondary N) is 1. The molecule has 2 unspecified atom stereocenters. The van der Waals surface area contributed by atoms with Crippen LogP contribution in [0, 0.1) is 0 Å². The van der Waals surface area contributed by atoms with Crippen molar-refractivity contribution >= 4 is 11.9 Å². The van der Waals surface area contributed by atoms with E-state index in [4.69, 9.17) is 4.74 Å². The van der Waals surface area contributed by atoms with Crippen LogP contribution in [0.2, 0.25) is 0 Å². The van der Waals surface area contributed by atoms with Crippen LogP contribution < -0.4 is 5.32 Å². The zero-order valence-electron chi connectivity index (χ0n) is 61.9. The molecule has 0 saturated carbocycles. The van der Waals surface area contributed by atoms with Gasteiger partial charge in [-0.1, -0.05) is 410 Å². The first-order valence-electron chi connectivity index (χ1n) is 41.8. The number of carbonyl (C=O) groups excluding carboxylic acids is 2. The number of hydrogen-bond acceptors (Lipinski definition) is 5. The Morgan fingerprint density at radius 1 is 0.297 bits per heavy atom. The molecule has 0 spiro atoms. The predicted octanol–water partition coefficient (Wildman–Crippen LogP) is 27.8. The zero-order chi connectivity index (χ0) is 65.6. The molecule has 0 fully saturated rings. The Morgan fingerprint density at radius 2 is 0.516 bits per heavy atom. The highest BCUT2D eigenvalue weighted by atomic mass is 16.5. The van der Waals surface area contributed by atoms with E-state index in [1.807, 2.05) is 6.08 Å². The first kappa shape index (κ1) is 89.1. The monoisotopic (exact) mass is 1280 g/mol. The van der Waals surface area contributed by atoms with Gasteiger partial charge in [0.05, 0.1) is 25.4 Å². The van der Waals surface area contributed by atoms with Gasteiger partial charge in [0.15, 0.2) is 0 Å². The number of carbonyl (C=O) groups is 2. The Bertz CT molecular complexity index is 1470. The molecule has 1 amide bonds. The average molecular weight is 1280 g/mol. The summed E-state index contributed by atoms with van der Waals surface area (Å²) in [5.74, 6) is -0.0451. The van der Waals surface area contributed by atoms with Gasteiger partial charge in [-0.15, -0.1) is 0 Å². The third-order valence-electron chi connectivity index (χ3n) is 19.6. The van der Waals surface area contributed by atoms with Crippen molar-refractivity contribution in [3.63, 3.8) is 0 Å². The zero-order valence-corrected chi connectivity index (χ0v) is 61.9. The smallest absolute Gasteiger partial charge is 0.305 e. The molecule has 0 aromatic carbocycles. The summed E-state index contributed by atoms with van der Waals surface area (Å²) in [5, 5.41) is 23.3. The van der Waals surface area contributed by atoms with Crippen LogP contribution in [0.1, 0.15) is 470 Å². The topological polar surface area (TPSA) is 95.9 Å². The standard InChI is InChI=1S/C85H163NO5/c1-3-5-7-9-11-13-15-17-19-21-23-24-25-33-36-39-42-45-49-53-57-61-65-69-73-77-83(88)82(81-87)86-84(89)78-74-70-66-62-58-54-50-46-43-40-37-34-31-29-27-26-28-30-32-35-38-41-44-48-52-56-60-64-68-72-76-80-91-85(90)79-75-71-67-63-59-55-51-47-22-20-18-16-14-12-10-8-6-4-2/h20,22,28,30,73,77,82-83,87-88H,3-19,21,23-27,29,31-72,74-76,78-81H2,1-2H3,(H,86,89)/b22-20-,30-28-,77-73+. The minimum Gasteiger partial charge on any atom is -0.466 e. The fraction of sp³-hybridized carbons (Fsp3) is 0.906. The molecule has 6 heteroatoms. The van der Waals surface area contributed by atoms with Gasteiger partial charge in [0.25, 0.3) is 0 Å². The molecule has 0 aliphatic rings. The number of rotatable bonds is 79. The van der Waals surface area contributed by atoms with Crippen LogP contribution in [0.3, 0.4) is 0 Å². The molecule has 2 atom stereocenters. The van der Waals surface area contributed by atoms with E-state index in [2.05, 4.69) is 43.5 Å². The van der Waals surface area contributed by atoms with Gasteiger partial charge < -0.3 is 20.3 Å². The lowest BCUT2D eigenvalue weighted by molar-refractivity contribution is -0.143. The molecular weight excluding hydrogens is 1110 g/mol. The first-order valence-corrected chi connectivity index (χ1v) is 41.8. The number of esters is 1. The third-order valence-corrected chi connectivity index (χ3v) is 19.6. The molecule has 0 aliphatic carbocycles. The molecule has 3 N–H and O–H groups in total. The number of aliphatic hydroxyl groups is 2. The summed E-state index contributed by atoms with van der Waals surface area (Å²) in [7, 11) is 0. The molecule has 538 valence electrons. The molecule has 0 aromatic rings. The van der Waals surface area contributed by atoms with E-state index in [0.29, 0.717) is 19.4 Å². The molecular formula is C85H163NO5. The van der Waals surface area contributed by atoms with Crippen LogP contribution in [0.15, 0.2) is 36.5 Å². The van der Waals surface area contributed by atoms with Crippen molar-refractivity contribution in [1.29, 1.82) is 0 Å². The van der Waals surface area contributed by atoms with Gasteiger partial charge in [-0.25, -0.2) is 0 Å². The van der Waals surface area contributed by atoms with Gasteiger partial charge >= 0.3 is 5.97 Å². The number of amides is 1. The summed E-state index contributed by atoms with van der Waals surface area (Å²) < 4.78 is 5.51. The highest BCUT2D eigenvalue weighted by Gasteiger charge is 2.18. The van der Waals surface area contributed by atoms with Crippen LogP contribution in [-0.2, 0) is 14.3 Å². The Morgan fingerprint density at radius 3 is 0.780 bits per heavy atom. The van der Waals surface area contributed by atoms with Gasteiger partial charge in [0.1, 0.15) is 0 Å². The summed E-state index contributed by atoms with van der Waals surface area (Å²) in [6, 6.07) is -0.628. The second kappa shape index (κ2) is 80.5. The van der Waals surface area contributed by atoms with Crippen molar-refractivity contribution in [3.05, 3.63) is 36.5 Å². The van der Waals surface area contributed by atoms with Crippen LogP contribution in [-0.4, -0.2) is 47.4 Å². The van der Waals surface area contributed by atoms with E-state index in [1.165, 1.54) is 398 Å². The highest BCUT2D eigenvalue weighted by Crippen LogP contribution is 2.20. The fourth-order valence-electron chi connectivity index (χ4n) is 13.3. The predicted molar refractivity (Wildman–Crippen MR) is 403 cm³/mol. The Hall–Kier alpha value is -1.92. The van der Waals surface area contributed by atoms with Crippen LogP contribution >= 0.6 is 0 Å². The van der Waals surface area contributed by atoms with Gasteiger partial charge in [-0.3, -0.25) is 9.59 Å². The minimum atomic E-state index is -0.845. The molecule has 0 saturated heterocycles. The van der Waals surface area contributed by atoms with Crippen molar-refractivity contribution in [2.24, 2.45) is 0 Å². The fourth-order valence-corrected chi connectivity index (χ4v) is 13.3. The van der Waals surface area contributed by atoms with E-state index in [-0.39, 0.29) is 18.5 Å².